The third-order valence-electron chi connectivity index (χ3n) is 6.05. The molecule has 1 aromatic heterocycles. The number of rotatable bonds is 6. The van der Waals surface area contributed by atoms with Crippen molar-refractivity contribution in [3.63, 3.8) is 0 Å². The van der Waals surface area contributed by atoms with Gasteiger partial charge in [-0.1, -0.05) is 12.1 Å². The van der Waals surface area contributed by atoms with Gasteiger partial charge in [-0.05, 0) is 48.7 Å². The van der Waals surface area contributed by atoms with Crippen LogP contribution in [0.5, 0.6) is 11.5 Å². The summed E-state index contributed by atoms with van der Waals surface area (Å²) in [7, 11) is 4.06. The maximum absolute atomic E-state index is 14.6. The zero-order valence-corrected chi connectivity index (χ0v) is 20.1. The lowest BCUT2D eigenvalue weighted by atomic mass is 9.93. The molecule has 0 spiro atoms. The summed E-state index contributed by atoms with van der Waals surface area (Å²) in [6.45, 7) is 1.51. The van der Waals surface area contributed by atoms with Gasteiger partial charge in [-0.25, -0.2) is 9.59 Å². The molecule has 2 heterocycles. The van der Waals surface area contributed by atoms with E-state index in [-0.39, 0.29) is 47.5 Å². The van der Waals surface area contributed by atoms with Crippen molar-refractivity contribution in [2.75, 3.05) is 27.9 Å². The van der Waals surface area contributed by atoms with E-state index in [9.17, 15) is 22.8 Å². The number of hydrogen-bond donors (Lipinski definition) is 0. The van der Waals surface area contributed by atoms with Crippen LogP contribution in [0.2, 0.25) is 0 Å². The zero-order valence-electron chi connectivity index (χ0n) is 20.1. The number of aromatic nitrogens is 1. The Kier molecular flexibility index (Phi) is 6.71. The lowest BCUT2D eigenvalue weighted by Gasteiger charge is -2.24. The minimum Gasteiger partial charge on any atom is -0.493 e. The van der Waals surface area contributed by atoms with Gasteiger partial charge >= 0.3 is 18.1 Å². The van der Waals surface area contributed by atoms with Crippen molar-refractivity contribution in [3.05, 3.63) is 58.8 Å². The standard InChI is InChI=1S/C26H24F3NO6/c1-5-36-25(32)21-20(15-7-6-8-16(11-15)24(31)35-4)23(26(27,28)29)30-10-9-14-12-18(33-2)19(34-3)13-17(14)22(21)30/h6-8,11-13H,5,9-10H2,1-4H3. The van der Waals surface area contributed by atoms with Crippen molar-refractivity contribution >= 4 is 11.9 Å². The fraction of sp³-hybridized carbons (Fsp3) is 0.308. The van der Waals surface area contributed by atoms with Crippen LogP contribution in [0.3, 0.4) is 0 Å². The maximum atomic E-state index is 14.6. The smallest absolute Gasteiger partial charge is 0.432 e. The van der Waals surface area contributed by atoms with E-state index >= 15 is 0 Å². The van der Waals surface area contributed by atoms with Crippen molar-refractivity contribution < 1.29 is 41.7 Å². The first-order chi connectivity index (χ1) is 17.2. The first-order valence-electron chi connectivity index (χ1n) is 11.1. The van der Waals surface area contributed by atoms with Crippen LogP contribution in [0.25, 0.3) is 22.4 Å². The maximum Gasteiger partial charge on any atom is 0.432 e. The molecule has 4 rings (SSSR count). The second kappa shape index (κ2) is 9.60. The number of methoxy groups -OCH3 is 3. The van der Waals surface area contributed by atoms with Gasteiger partial charge in [-0.15, -0.1) is 0 Å². The molecule has 0 radical (unpaired) electrons. The van der Waals surface area contributed by atoms with Crippen LogP contribution in [0.4, 0.5) is 13.2 Å². The van der Waals surface area contributed by atoms with Crippen LogP contribution in [-0.4, -0.2) is 44.4 Å². The zero-order chi connectivity index (χ0) is 26.2. The Labute approximate surface area is 205 Å². The third kappa shape index (κ3) is 4.16. The van der Waals surface area contributed by atoms with Crippen molar-refractivity contribution in [2.45, 2.75) is 26.1 Å². The first-order valence-corrected chi connectivity index (χ1v) is 11.1. The number of hydrogen-bond acceptors (Lipinski definition) is 6. The fourth-order valence-corrected chi connectivity index (χ4v) is 4.60. The molecule has 1 aliphatic heterocycles. The van der Waals surface area contributed by atoms with Crippen LogP contribution in [-0.2, 0) is 28.6 Å². The summed E-state index contributed by atoms with van der Waals surface area (Å²) in [4.78, 5) is 25.4. The van der Waals surface area contributed by atoms with Crippen LogP contribution in [0, 0.1) is 0 Å². The highest BCUT2D eigenvalue weighted by molar-refractivity contribution is 6.06. The molecule has 1 aliphatic rings. The van der Waals surface area contributed by atoms with Gasteiger partial charge in [0.15, 0.2) is 11.5 Å². The Balaban J connectivity index is 2.13. The Hall–Kier alpha value is -3.95. The van der Waals surface area contributed by atoms with Crippen LogP contribution < -0.4 is 9.47 Å². The molecule has 0 atom stereocenters. The molecule has 3 aromatic rings. The van der Waals surface area contributed by atoms with Crippen LogP contribution in [0.15, 0.2) is 36.4 Å². The lowest BCUT2D eigenvalue weighted by molar-refractivity contribution is -0.142. The lowest BCUT2D eigenvalue weighted by Crippen LogP contribution is -2.19. The molecule has 7 nitrogen and oxygen atoms in total. The summed E-state index contributed by atoms with van der Waals surface area (Å²) < 4.78 is 65.7. The topological polar surface area (TPSA) is 76.0 Å². The highest BCUT2D eigenvalue weighted by atomic mass is 19.4. The summed E-state index contributed by atoms with van der Waals surface area (Å²) in [5, 5.41) is 0. The summed E-state index contributed by atoms with van der Waals surface area (Å²) >= 11 is 0. The average molecular weight is 503 g/mol. The van der Waals surface area contributed by atoms with Crippen molar-refractivity contribution in [1.29, 1.82) is 0 Å². The quantitative estimate of drug-likeness (QED) is 0.421. The molecular formula is C26H24F3NO6. The largest absolute Gasteiger partial charge is 0.493 e. The number of alkyl halides is 3. The van der Waals surface area contributed by atoms with Crippen molar-refractivity contribution in [3.8, 4) is 33.9 Å². The number of aryl methyl sites for hydroxylation is 1. The van der Waals surface area contributed by atoms with Crippen molar-refractivity contribution in [2.24, 2.45) is 0 Å². The number of carbonyl (C=O) groups is 2. The highest BCUT2D eigenvalue weighted by Crippen LogP contribution is 2.49. The van der Waals surface area contributed by atoms with E-state index in [0.717, 1.165) is 4.57 Å². The number of halogens is 3. The Morgan fingerprint density at radius 1 is 1.00 bits per heavy atom. The Bertz CT molecular complexity index is 1340. The summed E-state index contributed by atoms with van der Waals surface area (Å²) in [6, 6.07) is 8.83. The predicted molar refractivity (Wildman–Crippen MR) is 124 cm³/mol. The minimum atomic E-state index is -4.82. The molecule has 0 aliphatic carbocycles. The molecule has 36 heavy (non-hydrogen) atoms. The molecule has 0 unspecified atom stereocenters. The molecule has 0 saturated carbocycles. The summed E-state index contributed by atoms with van der Waals surface area (Å²) in [5.74, 6) is -0.883. The SMILES string of the molecule is CCOC(=O)c1c(-c2cccc(C(=O)OC)c2)c(C(F)(F)F)n2c1-c1cc(OC)c(OC)cc1CC2. The normalized spacial score (nSPS) is 12.4. The third-order valence-corrected chi connectivity index (χ3v) is 6.05. The summed E-state index contributed by atoms with van der Waals surface area (Å²) in [6.07, 6.45) is -4.55. The van der Waals surface area contributed by atoms with Gasteiger partial charge in [-0.2, -0.15) is 13.2 Å². The van der Waals surface area contributed by atoms with E-state index < -0.39 is 23.8 Å². The van der Waals surface area contributed by atoms with Gasteiger partial charge in [0, 0.05) is 17.7 Å². The molecule has 190 valence electrons. The molecule has 0 amide bonds. The number of nitrogens with zero attached hydrogens (tertiary/aromatic N) is 1. The van der Waals surface area contributed by atoms with Crippen LogP contribution in [0.1, 0.15) is 38.9 Å². The van der Waals surface area contributed by atoms with Gasteiger partial charge < -0.3 is 23.5 Å². The van der Waals surface area contributed by atoms with Crippen molar-refractivity contribution in [1.82, 2.24) is 4.57 Å². The Morgan fingerprint density at radius 2 is 1.69 bits per heavy atom. The van der Waals surface area contributed by atoms with Gasteiger partial charge in [0.05, 0.1) is 44.8 Å². The molecular weight excluding hydrogens is 479 g/mol. The first kappa shape index (κ1) is 25.2. The number of carbonyl (C=O) groups excluding carboxylic acids is 2. The molecule has 0 N–H and O–H groups in total. The van der Waals surface area contributed by atoms with Gasteiger partial charge in [0.2, 0.25) is 0 Å². The number of esters is 2. The Morgan fingerprint density at radius 3 is 2.31 bits per heavy atom. The molecule has 0 fully saturated rings. The molecule has 0 bridgehead atoms. The van der Waals surface area contributed by atoms with E-state index in [1.807, 2.05) is 0 Å². The highest BCUT2D eigenvalue weighted by Gasteiger charge is 2.44. The van der Waals surface area contributed by atoms with Gasteiger partial charge in [0.25, 0.3) is 0 Å². The van der Waals surface area contributed by atoms with Crippen LogP contribution >= 0.6 is 0 Å². The van der Waals surface area contributed by atoms with E-state index in [4.69, 9.17) is 18.9 Å². The molecule has 0 saturated heterocycles. The fourth-order valence-electron chi connectivity index (χ4n) is 4.60. The number of fused-ring (bicyclic) bond motifs is 3. The van der Waals surface area contributed by atoms with E-state index in [1.165, 1.54) is 45.6 Å². The minimum absolute atomic E-state index is 0.0320. The van der Waals surface area contributed by atoms with Gasteiger partial charge in [-0.3, -0.25) is 0 Å². The molecule has 2 aromatic carbocycles. The monoisotopic (exact) mass is 503 g/mol. The molecule has 10 heteroatoms. The van der Waals surface area contributed by atoms with E-state index in [2.05, 4.69) is 0 Å². The average Bonchev–Trinajstić information content (AvgIpc) is 3.24. The van der Waals surface area contributed by atoms with Gasteiger partial charge in [0.1, 0.15) is 5.69 Å². The van der Waals surface area contributed by atoms with E-state index in [1.54, 1.807) is 19.1 Å². The number of benzene rings is 2. The second-order valence-electron chi connectivity index (χ2n) is 8.00. The number of ether oxygens (including phenoxy) is 4. The second-order valence-corrected chi connectivity index (χ2v) is 8.00. The van der Waals surface area contributed by atoms with E-state index in [0.29, 0.717) is 22.6 Å². The predicted octanol–water partition coefficient (Wildman–Crippen LogP) is 5.38. The summed E-state index contributed by atoms with van der Waals surface area (Å²) in [5.41, 5.74) is -0.325.